The molecule has 98 valence electrons. The van der Waals surface area contributed by atoms with Crippen molar-refractivity contribution in [3.05, 3.63) is 0 Å². The molecule has 0 bridgehead atoms. The Morgan fingerprint density at radius 2 is 1.82 bits per heavy atom. The van der Waals surface area contributed by atoms with E-state index in [1.165, 1.54) is 0 Å². The van der Waals surface area contributed by atoms with Gasteiger partial charge in [0.1, 0.15) is 0 Å². The van der Waals surface area contributed by atoms with Gasteiger partial charge in [-0.25, -0.2) is 0 Å². The van der Waals surface area contributed by atoms with E-state index in [4.69, 9.17) is 5.11 Å². The Labute approximate surface area is 102 Å². The quantitative estimate of drug-likeness (QED) is 0.677. The lowest BCUT2D eigenvalue weighted by atomic mass is 10.0. The van der Waals surface area contributed by atoms with Gasteiger partial charge in [0.25, 0.3) is 0 Å². The summed E-state index contributed by atoms with van der Waals surface area (Å²) < 4.78 is 0. The number of carbonyl (C=O) groups is 2. The zero-order chi connectivity index (χ0) is 12.7. The summed E-state index contributed by atoms with van der Waals surface area (Å²) in [6.45, 7) is 1.95. The molecule has 0 unspecified atom stereocenters. The van der Waals surface area contributed by atoms with Crippen molar-refractivity contribution in [1.29, 1.82) is 0 Å². The minimum atomic E-state index is -0.788. The van der Waals surface area contributed by atoms with Crippen molar-refractivity contribution in [3.8, 4) is 0 Å². The molecule has 0 atom stereocenters. The number of nitrogens with zero attached hydrogens (tertiary/aromatic N) is 1. The number of aliphatic carboxylic acids is 1. The van der Waals surface area contributed by atoms with Gasteiger partial charge in [-0.15, -0.1) is 0 Å². The van der Waals surface area contributed by atoms with E-state index in [1.807, 2.05) is 11.9 Å². The van der Waals surface area contributed by atoms with E-state index >= 15 is 0 Å². The summed E-state index contributed by atoms with van der Waals surface area (Å²) in [6.07, 6.45) is 3.90. The van der Waals surface area contributed by atoms with Gasteiger partial charge in [0.05, 0.1) is 0 Å². The zero-order valence-corrected chi connectivity index (χ0v) is 10.4. The van der Waals surface area contributed by atoms with Crippen LogP contribution in [0.3, 0.4) is 0 Å². The maximum atomic E-state index is 11.8. The predicted molar refractivity (Wildman–Crippen MR) is 64.8 cm³/mol. The first-order chi connectivity index (χ1) is 8.11. The van der Waals surface area contributed by atoms with E-state index in [0.29, 0.717) is 25.3 Å². The maximum Gasteiger partial charge on any atom is 0.303 e. The highest BCUT2D eigenvalue weighted by molar-refractivity contribution is 5.76. The average Bonchev–Trinajstić information content (AvgIpc) is 2.34. The van der Waals surface area contributed by atoms with Crippen LogP contribution in [0.5, 0.6) is 0 Å². The smallest absolute Gasteiger partial charge is 0.303 e. The summed E-state index contributed by atoms with van der Waals surface area (Å²) in [5.74, 6) is -0.647. The SMILES string of the molecule is CN(C(=O)CCCCC(=O)O)C1CCNCC1. The molecule has 0 aromatic carbocycles. The van der Waals surface area contributed by atoms with Gasteiger partial charge in [-0.05, 0) is 38.8 Å². The molecule has 1 fully saturated rings. The number of hydrogen-bond donors (Lipinski definition) is 2. The standard InChI is InChI=1S/C12H22N2O3/c1-14(10-6-8-13-9-7-10)11(15)4-2-3-5-12(16)17/h10,13H,2-9H2,1H3,(H,16,17). The van der Waals surface area contributed by atoms with Crippen LogP contribution in [0.2, 0.25) is 0 Å². The van der Waals surface area contributed by atoms with Crippen molar-refractivity contribution in [1.82, 2.24) is 10.2 Å². The van der Waals surface area contributed by atoms with Crippen molar-refractivity contribution >= 4 is 11.9 Å². The number of unbranched alkanes of at least 4 members (excludes halogenated alkanes) is 1. The molecule has 0 aliphatic carbocycles. The molecule has 1 saturated heterocycles. The third-order valence-electron chi connectivity index (χ3n) is 3.28. The third kappa shape index (κ3) is 5.17. The van der Waals surface area contributed by atoms with Gasteiger partial charge in [0, 0.05) is 25.9 Å². The Balaban J connectivity index is 2.19. The van der Waals surface area contributed by atoms with Gasteiger partial charge >= 0.3 is 5.97 Å². The molecule has 0 spiro atoms. The second-order valence-electron chi connectivity index (χ2n) is 4.59. The summed E-state index contributed by atoms with van der Waals surface area (Å²) in [4.78, 5) is 24.0. The van der Waals surface area contributed by atoms with E-state index in [9.17, 15) is 9.59 Å². The molecular weight excluding hydrogens is 220 g/mol. The molecule has 17 heavy (non-hydrogen) atoms. The first-order valence-corrected chi connectivity index (χ1v) is 6.29. The van der Waals surface area contributed by atoms with Crippen LogP contribution < -0.4 is 5.32 Å². The van der Waals surface area contributed by atoms with Crippen LogP contribution in [-0.4, -0.2) is 48.1 Å². The number of hydrogen-bond acceptors (Lipinski definition) is 3. The van der Waals surface area contributed by atoms with Crippen LogP contribution in [0.1, 0.15) is 38.5 Å². The summed E-state index contributed by atoms with van der Waals surface area (Å²) in [7, 11) is 1.86. The Morgan fingerprint density at radius 3 is 2.41 bits per heavy atom. The van der Waals surface area contributed by atoms with Crippen molar-refractivity contribution in [3.63, 3.8) is 0 Å². The fourth-order valence-corrected chi connectivity index (χ4v) is 2.13. The van der Waals surface area contributed by atoms with Gasteiger partial charge < -0.3 is 15.3 Å². The van der Waals surface area contributed by atoms with E-state index in [-0.39, 0.29) is 12.3 Å². The molecule has 0 aromatic heterocycles. The van der Waals surface area contributed by atoms with Gasteiger partial charge in [-0.2, -0.15) is 0 Å². The molecule has 1 amide bonds. The third-order valence-corrected chi connectivity index (χ3v) is 3.28. The Morgan fingerprint density at radius 1 is 1.24 bits per heavy atom. The molecule has 2 N–H and O–H groups in total. The number of nitrogens with one attached hydrogen (secondary N) is 1. The minimum Gasteiger partial charge on any atom is -0.481 e. The highest BCUT2D eigenvalue weighted by Crippen LogP contribution is 2.12. The monoisotopic (exact) mass is 242 g/mol. The highest BCUT2D eigenvalue weighted by atomic mass is 16.4. The predicted octanol–water partition coefficient (Wildman–Crippen LogP) is 0.842. The first kappa shape index (κ1) is 14.0. The Hall–Kier alpha value is -1.10. The van der Waals surface area contributed by atoms with Crippen molar-refractivity contribution < 1.29 is 14.7 Å². The normalized spacial score (nSPS) is 16.8. The molecule has 0 radical (unpaired) electrons. The average molecular weight is 242 g/mol. The van der Waals surface area contributed by atoms with Crippen LogP contribution >= 0.6 is 0 Å². The molecule has 1 heterocycles. The fraction of sp³-hybridized carbons (Fsp3) is 0.833. The number of piperidine rings is 1. The fourth-order valence-electron chi connectivity index (χ4n) is 2.13. The Kier molecular flexibility index (Phi) is 5.97. The lowest BCUT2D eigenvalue weighted by molar-refractivity contribution is -0.137. The summed E-state index contributed by atoms with van der Waals surface area (Å²) >= 11 is 0. The van der Waals surface area contributed by atoms with E-state index < -0.39 is 5.97 Å². The van der Waals surface area contributed by atoms with Crippen LogP contribution in [0.25, 0.3) is 0 Å². The Bertz CT molecular complexity index is 262. The van der Waals surface area contributed by atoms with Crippen LogP contribution in [0.15, 0.2) is 0 Å². The number of carboxylic acid groups (broad SMARTS) is 1. The topological polar surface area (TPSA) is 69.6 Å². The van der Waals surface area contributed by atoms with Gasteiger partial charge in [0.2, 0.25) is 5.91 Å². The second-order valence-corrected chi connectivity index (χ2v) is 4.59. The number of carbonyl (C=O) groups excluding carboxylic acids is 1. The highest BCUT2D eigenvalue weighted by Gasteiger charge is 2.21. The molecule has 1 aliphatic rings. The van der Waals surface area contributed by atoms with Crippen molar-refractivity contribution in [2.45, 2.75) is 44.6 Å². The van der Waals surface area contributed by atoms with Gasteiger partial charge in [0.15, 0.2) is 0 Å². The summed E-state index contributed by atoms with van der Waals surface area (Å²) in [5, 5.41) is 11.8. The maximum absolute atomic E-state index is 11.8. The van der Waals surface area contributed by atoms with Gasteiger partial charge in [-0.1, -0.05) is 0 Å². The second kappa shape index (κ2) is 7.27. The molecule has 0 aromatic rings. The lowest BCUT2D eigenvalue weighted by Crippen LogP contribution is -2.43. The largest absolute Gasteiger partial charge is 0.481 e. The molecule has 1 aliphatic heterocycles. The van der Waals surface area contributed by atoms with Crippen molar-refractivity contribution in [2.24, 2.45) is 0 Å². The summed E-state index contributed by atoms with van der Waals surface area (Å²) in [6, 6.07) is 0.350. The van der Waals surface area contributed by atoms with Crippen LogP contribution in [0, 0.1) is 0 Å². The van der Waals surface area contributed by atoms with E-state index in [1.54, 1.807) is 0 Å². The van der Waals surface area contributed by atoms with Gasteiger partial charge in [-0.3, -0.25) is 9.59 Å². The van der Waals surface area contributed by atoms with Crippen LogP contribution in [-0.2, 0) is 9.59 Å². The summed E-state index contributed by atoms with van der Waals surface area (Å²) in [5.41, 5.74) is 0. The minimum absolute atomic E-state index is 0.141. The lowest BCUT2D eigenvalue weighted by Gasteiger charge is -2.31. The zero-order valence-electron chi connectivity index (χ0n) is 10.4. The van der Waals surface area contributed by atoms with Crippen molar-refractivity contribution in [2.75, 3.05) is 20.1 Å². The molecular formula is C12H22N2O3. The number of amides is 1. The molecule has 5 heteroatoms. The van der Waals surface area contributed by atoms with E-state index in [2.05, 4.69) is 5.32 Å². The first-order valence-electron chi connectivity index (χ1n) is 6.29. The number of carboxylic acids is 1. The van der Waals surface area contributed by atoms with E-state index in [0.717, 1.165) is 25.9 Å². The molecule has 1 rings (SSSR count). The molecule has 5 nitrogen and oxygen atoms in total. The molecule has 0 saturated carbocycles. The number of rotatable bonds is 6. The van der Waals surface area contributed by atoms with Crippen LogP contribution in [0.4, 0.5) is 0 Å².